The van der Waals surface area contributed by atoms with Crippen LogP contribution in [-0.4, -0.2) is 15.0 Å². The monoisotopic (exact) mass is 753 g/mol. The van der Waals surface area contributed by atoms with Crippen LogP contribution >= 0.6 is 0 Å². The fourth-order valence-electron chi connectivity index (χ4n) is 8.22. The van der Waals surface area contributed by atoms with Gasteiger partial charge in [-0.3, -0.25) is 4.98 Å². The third-order valence-corrected chi connectivity index (χ3v) is 11.2. The van der Waals surface area contributed by atoms with Gasteiger partial charge >= 0.3 is 0 Å². The second-order valence-corrected chi connectivity index (χ2v) is 14.8. The van der Waals surface area contributed by atoms with Crippen molar-refractivity contribution < 1.29 is 4.42 Å². The molecule has 0 atom stereocenters. The van der Waals surface area contributed by atoms with E-state index in [1.807, 2.05) is 30.5 Å². The first-order chi connectivity index (χ1) is 29.2. The van der Waals surface area contributed by atoms with Crippen LogP contribution < -0.4 is 0 Å². The molecular formula is C55H35N3O. The van der Waals surface area contributed by atoms with Gasteiger partial charge in [0.25, 0.3) is 0 Å². The minimum atomic E-state index is 0.680. The van der Waals surface area contributed by atoms with Gasteiger partial charge < -0.3 is 4.42 Å². The van der Waals surface area contributed by atoms with Gasteiger partial charge in [0.2, 0.25) is 0 Å². The zero-order valence-electron chi connectivity index (χ0n) is 32.0. The van der Waals surface area contributed by atoms with Crippen LogP contribution in [0.5, 0.6) is 0 Å². The number of hydrogen-bond acceptors (Lipinski definition) is 4. The van der Waals surface area contributed by atoms with E-state index < -0.39 is 0 Å². The Labute approximate surface area is 341 Å². The molecule has 4 nitrogen and oxygen atoms in total. The minimum Gasteiger partial charge on any atom is -0.455 e. The second-order valence-electron chi connectivity index (χ2n) is 14.8. The lowest BCUT2D eigenvalue weighted by Gasteiger charge is -2.11. The zero-order valence-corrected chi connectivity index (χ0v) is 32.0. The number of fused-ring (bicyclic) bond motifs is 5. The first-order valence-corrected chi connectivity index (χ1v) is 19.8. The molecule has 0 aliphatic heterocycles. The molecule has 11 rings (SSSR count). The molecule has 0 N–H and O–H groups in total. The van der Waals surface area contributed by atoms with E-state index in [1.54, 1.807) is 0 Å². The van der Waals surface area contributed by atoms with Crippen molar-refractivity contribution in [2.45, 2.75) is 0 Å². The van der Waals surface area contributed by atoms with Gasteiger partial charge in [-0.2, -0.15) is 0 Å². The maximum absolute atomic E-state index is 6.65. The van der Waals surface area contributed by atoms with Crippen LogP contribution in [0.25, 0.3) is 111 Å². The van der Waals surface area contributed by atoms with Gasteiger partial charge in [0.1, 0.15) is 11.2 Å². The van der Waals surface area contributed by atoms with E-state index in [2.05, 4.69) is 182 Å². The molecule has 0 amide bonds. The summed E-state index contributed by atoms with van der Waals surface area (Å²) in [4.78, 5) is 15.1. The summed E-state index contributed by atoms with van der Waals surface area (Å²) in [5.41, 5.74) is 15.4. The Morgan fingerprint density at radius 1 is 0.322 bits per heavy atom. The average Bonchev–Trinajstić information content (AvgIpc) is 3.71. The highest BCUT2D eigenvalue weighted by atomic mass is 16.3. The number of pyridine rings is 1. The molecule has 0 radical (unpaired) electrons. The second kappa shape index (κ2) is 14.5. The van der Waals surface area contributed by atoms with E-state index in [-0.39, 0.29) is 0 Å². The van der Waals surface area contributed by atoms with Gasteiger partial charge in [0.15, 0.2) is 5.82 Å². The fraction of sp³-hybridized carbons (Fsp3) is 0. The van der Waals surface area contributed by atoms with Crippen LogP contribution in [0, 0.1) is 0 Å². The number of aromatic nitrogens is 3. The molecule has 0 spiro atoms. The van der Waals surface area contributed by atoms with E-state index in [4.69, 9.17) is 19.4 Å². The highest BCUT2D eigenvalue weighted by molar-refractivity contribution is 6.22. The topological polar surface area (TPSA) is 51.8 Å². The van der Waals surface area contributed by atoms with Gasteiger partial charge in [0, 0.05) is 44.6 Å². The lowest BCUT2D eigenvalue weighted by Crippen LogP contribution is -1.96. The van der Waals surface area contributed by atoms with Crippen LogP contribution in [0.2, 0.25) is 0 Å². The van der Waals surface area contributed by atoms with E-state index in [0.717, 1.165) is 94.3 Å². The summed E-state index contributed by atoms with van der Waals surface area (Å²) in [6.07, 6.45) is 1.85. The molecule has 8 aromatic carbocycles. The Hall–Kier alpha value is -7.95. The van der Waals surface area contributed by atoms with Gasteiger partial charge in [0.05, 0.1) is 17.1 Å². The lowest BCUT2D eigenvalue weighted by atomic mass is 9.94. The van der Waals surface area contributed by atoms with Crippen LogP contribution in [0.15, 0.2) is 217 Å². The largest absolute Gasteiger partial charge is 0.455 e. The van der Waals surface area contributed by atoms with Crippen molar-refractivity contribution in [2.75, 3.05) is 0 Å². The van der Waals surface area contributed by atoms with E-state index in [1.165, 1.54) is 11.1 Å². The predicted molar refractivity (Wildman–Crippen MR) is 243 cm³/mol. The van der Waals surface area contributed by atoms with Crippen molar-refractivity contribution in [2.24, 2.45) is 0 Å². The lowest BCUT2D eigenvalue weighted by molar-refractivity contribution is 0.673. The minimum absolute atomic E-state index is 0.680. The molecule has 0 saturated heterocycles. The number of furan rings is 1. The van der Waals surface area contributed by atoms with E-state index in [9.17, 15) is 0 Å². The maximum Gasteiger partial charge on any atom is 0.160 e. The summed E-state index contributed by atoms with van der Waals surface area (Å²) in [7, 11) is 0. The number of benzene rings is 8. The third-order valence-electron chi connectivity index (χ3n) is 11.2. The number of nitrogens with zero attached hydrogens (tertiary/aromatic N) is 3. The zero-order chi connectivity index (χ0) is 39.1. The summed E-state index contributed by atoms with van der Waals surface area (Å²) in [5, 5.41) is 4.35. The first-order valence-electron chi connectivity index (χ1n) is 19.8. The van der Waals surface area contributed by atoms with Crippen molar-refractivity contribution in [3.05, 3.63) is 212 Å². The van der Waals surface area contributed by atoms with Crippen molar-refractivity contribution in [3.63, 3.8) is 0 Å². The van der Waals surface area contributed by atoms with Gasteiger partial charge in [-0.15, -0.1) is 0 Å². The van der Waals surface area contributed by atoms with Crippen LogP contribution in [0.3, 0.4) is 0 Å². The van der Waals surface area contributed by atoms with Crippen molar-refractivity contribution in [1.29, 1.82) is 0 Å². The fourth-order valence-corrected chi connectivity index (χ4v) is 8.22. The molecule has 11 aromatic rings. The molecule has 276 valence electrons. The molecule has 0 saturated carbocycles. The molecule has 3 heterocycles. The van der Waals surface area contributed by atoms with Crippen molar-refractivity contribution >= 4 is 32.7 Å². The van der Waals surface area contributed by atoms with Crippen molar-refractivity contribution in [1.82, 2.24) is 15.0 Å². The maximum atomic E-state index is 6.65. The van der Waals surface area contributed by atoms with Crippen LogP contribution in [0.4, 0.5) is 0 Å². The normalized spacial score (nSPS) is 11.4. The molecule has 3 aromatic heterocycles. The molecule has 0 fully saturated rings. The molecule has 0 aliphatic carbocycles. The Balaban J connectivity index is 1.01. The number of hydrogen-bond donors (Lipinski definition) is 0. The highest BCUT2D eigenvalue weighted by Crippen LogP contribution is 2.43. The van der Waals surface area contributed by atoms with Gasteiger partial charge in [-0.25, -0.2) is 9.97 Å². The summed E-state index contributed by atoms with van der Waals surface area (Å²) in [6, 6.07) is 71.9. The number of rotatable bonds is 7. The Morgan fingerprint density at radius 2 is 0.847 bits per heavy atom. The molecule has 4 heteroatoms. The summed E-state index contributed by atoms with van der Waals surface area (Å²) in [6.45, 7) is 0. The third kappa shape index (κ3) is 6.34. The van der Waals surface area contributed by atoms with E-state index >= 15 is 0 Å². The molecule has 0 aliphatic rings. The summed E-state index contributed by atoms with van der Waals surface area (Å²) in [5.74, 6) is 0.680. The first kappa shape index (κ1) is 34.3. The smallest absolute Gasteiger partial charge is 0.160 e. The molecule has 0 unspecified atom stereocenters. The Morgan fingerprint density at radius 3 is 1.46 bits per heavy atom. The predicted octanol–water partition coefficient (Wildman–Crippen LogP) is 14.6. The molecular weight excluding hydrogens is 719 g/mol. The molecule has 59 heavy (non-hydrogen) atoms. The summed E-state index contributed by atoms with van der Waals surface area (Å²) >= 11 is 0. The standard InChI is InChI=1S/C55H35N3O/c1-3-12-36(13-4-1)38-21-27-41(28-22-38)50-35-51(58-55(57-50)43-31-23-39(24-32-43)37-14-5-2-6-15-37)42-29-25-40(26-30-42)44-18-11-20-52-53(44)48-34-47(49-19-9-10-33-56-49)45-16-7-8-17-46(45)54(48)59-52/h1-35H. The van der Waals surface area contributed by atoms with Crippen molar-refractivity contribution in [3.8, 4) is 78.5 Å². The van der Waals surface area contributed by atoms with Gasteiger partial charge in [-0.05, 0) is 69.1 Å². The van der Waals surface area contributed by atoms with Crippen LogP contribution in [0.1, 0.15) is 0 Å². The van der Waals surface area contributed by atoms with Gasteiger partial charge in [-0.1, -0.05) is 176 Å². The SMILES string of the molecule is c1ccc(-c2ccc(-c3cc(-c4ccc(-c5cccc6oc7c8ccccc8c(-c8ccccn8)cc7c56)cc4)nc(-c4ccc(-c5ccccc5)cc4)n3)cc2)cc1. The molecule has 0 bridgehead atoms. The van der Waals surface area contributed by atoms with Crippen LogP contribution in [-0.2, 0) is 0 Å². The highest BCUT2D eigenvalue weighted by Gasteiger charge is 2.19. The Kier molecular flexibility index (Phi) is 8.45. The van der Waals surface area contributed by atoms with E-state index in [0.29, 0.717) is 5.82 Å². The summed E-state index contributed by atoms with van der Waals surface area (Å²) < 4.78 is 6.65. The average molecular weight is 754 g/mol. The Bertz CT molecular complexity index is 3170. The quantitative estimate of drug-likeness (QED) is 0.163.